The summed E-state index contributed by atoms with van der Waals surface area (Å²) in [5, 5.41) is 5.33. The molecule has 0 aliphatic carbocycles. The van der Waals surface area contributed by atoms with Crippen molar-refractivity contribution in [2.75, 3.05) is 20.2 Å². The Bertz CT molecular complexity index is 730. The van der Waals surface area contributed by atoms with Crippen LogP contribution in [0.1, 0.15) is 11.1 Å². The van der Waals surface area contributed by atoms with Gasteiger partial charge in [-0.25, -0.2) is 0 Å². The molecule has 25 heavy (non-hydrogen) atoms. The number of carbonyl (C=O) groups excluding carboxylic acids is 2. The van der Waals surface area contributed by atoms with Crippen LogP contribution in [0.4, 0.5) is 0 Å². The molecule has 2 N–H and O–H groups in total. The van der Waals surface area contributed by atoms with E-state index in [0.29, 0.717) is 18.7 Å². The molecule has 0 spiro atoms. The van der Waals surface area contributed by atoms with Crippen LogP contribution in [-0.4, -0.2) is 37.0 Å². The van der Waals surface area contributed by atoms with Crippen LogP contribution >= 0.6 is 0 Å². The molecule has 0 aliphatic rings. The van der Waals surface area contributed by atoms with E-state index in [9.17, 15) is 9.59 Å². The number of benzene rings is 1. The molecule has 2 rings (SSSR count). The second-order valence-electron chi connectivity index (χ2n) is 5.27. The molecular formula is C19H21N3O3. The van der Waals surface area contributed by atoms with E-state index in [-0.39, 0.29) is 18.4 Å². The van der Waals surface area contributed by atoms with Crippen molar-refractivity contribution in [3.8, 4) is 5.75 Å². The average molecular weight is 339 g/mol. The number of nitrogens with one attached hydrogen (secondary N) is 2. The van der Waals surface area contributed by atoms with Gasteiger partial charge in [0.15, 0.2) is 6.61 Å². The van der Waals surface area contributed by atoms with Gasteiger partial charge in [0, 0.05) is 32.1 Å². The lowest BCUT2D eigenvalue weighted by Gasteiger charge is -2.07. The molecule has 0 fully saturated rings. The Morgan fingerprint density at radius 1 is 1.24 bits per heavy atom. The summed E-state index contributed by atoms with van der Waals surface area (Å²) in [7, 11) is 1.56. The highest BCUT2D eigenvalue weighted by Crippen LogP contribution is 2.13. The number of ether oxygens (including phenoxy) is 1. The zero-order valence-electron chi connectivity index (χ0n) is 14.1. The monoisotopic (exact) mass is 339 g/mol. The first-order valence-corrected chi connectivity index (χ1v) is 7.95. The number of rotatable bonds is 8. The standard InChI is InChI=1S/C19H21N3O3/c1-20-19(24)14-25-17-6-2-4-15(12-17)9-11-22-18(23)8-7-16-5-3-10-21-13-16/h2-8,10,12-13H,9,11,14H2,1H3,(H,20,24)(H,22,23). The number of aromatic nitrogens is 1. The Hall–Kier alpha value is -3.15. The third-order valence-corrected chi connectivity index (χ3v) is 3.37. The molecule has 2 amide bonds. The van der Waals surface area contributed by atoms with Crippen LogP contribution in [0.5, 0.6) is 5.75 Å². The molecule has 1 aromatic heterocycles. The molecule has 0 unspecified atom stereocenters. The van der Waals surface area contributed by atoms with Gasteiger partial charge >= 0.3 is 0 Å². The molecule has 0 bridgehead atoms. The topological polar surface area (TPSA) is 80.3 Å². The minimum Gasteiger partial charge on any atom is -0.484 e. The molecule has 0 saturated carbocycles. The zero-order valence-corrected chi connectivity index (χ0v) is 14.1. The molecule has 1 heterocycles. The van der Waals surface area contributed by atoms with Crippen molar-refractivity contribution in [1.29, 1.82) is 0 Å². The zero-order chi connectivity index (χ0) is 17.9. The van der Waals surface area contributed by atoms with E-state index in [4.69, 9.17) is 4.74 Å². The number of hydrogen-bond acceptors (Lipinski definition) is 4. The van der Waals surface area contributed by atoms with Gasteiger partial charge in [-0.15, -0.1) is 0 Å². The molecule has 0 aliphatic heterocycles. The van der Waals surface area contributed by atoms with Gasteiger partial charge in [0.25, 0.3) is 5.91 Å². The fourth-order valence-electron chi connectivity index (χ4n) is 2.05. The van der Waals surface area contributed by atoms with Crippen molar-refractivity contribution in [2.24, 2.45) is 0 Å². The summed E-state index contributed by atoms with van der Waals surface area (Å²) in [6.07, 6.45) is 7.25. The van der Waals surface area contributed by atoms with Gasteiger partial charge in [-0.2, -0.15) is 0 Å². The summed E-state index contributed by atoms with van der Waals surface area (Å²) in [6.45, 7) is 0.491. The van der Waals surface area contributed by atoms with Gasteiger partial charge in [0.1, 0.15) is 5.75 Å². The fraction of sp³-hybridized carbons (Fsp3) is 0.211. The van der Waals surface area contributed by atoms with Crippen molar-refractivity contribution in [3.63, 3.8) is 0 Å². The van der Waals surface area contributed by atoms with Gasteiger partial charge in [-0.05, 0) is 41.8 Å². The number of likely N-dealkylation sites (N-methyl/N-ethyl adjacent to an activating group) is 1. The Kier molecular flexibility index (Phi) is 7.18. The number of nitrogens with zero attached hydrogens (tertiary/aromatic N) is 1. The van der Waals surface area contributed by atoms with Crippen LogP contribution in [0.3, 0.4) is 0 Å². The van der Waals surface area contributed by atoms with Crippen molar-refractivity contribution in [2.45, 2.75) is 6.42 Å². The summed E-state index contributed by atoms with van der Waals surface area (Å²) >= 11 is 0. The first kappa shape index (κ1) is 18.2. The van der Waals surface area contributed by atoms with Crippen LogP contribution in [-0.2, 0) is 16.0 Å². The first-order valence-electron chi connectivity index (χ1n) is 7.95. The average Bonchev–Trinajstić information content (AvgIpc) is 2.65. The van der Waals surface area contributed by atoms with E-state index >= 15 is 0 Å². The predicted octanol–water partition coefficient (Wildman–Crippen LogP) is 1.58. The Labute approximate surface area is 146 Å². The Morgan fingerprint density at radius 3 is 2.88 bits per heavy atom. The number of hydrogen-bond donors (Lipinski definition) is 2. The van der Waals surface area contributed by atoms with Crippen molar-refractivity contribution < 1.29 is 14.3 Å². The van der Waals surface area contributed by atoms with Crippen molar-refractivity contribution in [3.05, 3.63) is 66.0 Å². The number of pyridine rings is 1. The Balaban J connectivity index is 1.76. The molecule has 0 saturated heterocycles. The van der Waals surface area contributed by atoms with E-state index in [1.54, 1.807) is 31.6 Å². The molecular weight excluding hydrogens is 318 g/mol. The van der Waals surface area contributed by atoms with E-state index in [0.717, 1.165) is 11.1 Å². The van der Waals surface area contributed by atoms with E-state index < -0.39 is 0 Å². The second kappa shape index (κ2) is 9.87. The largest absolute Gasteiger partial charge is 0.484 e. The summed E-state index contributed by atoms with van der Waals surface area (Å²) in [4.78, 5) is 27.0. The maximum absolute atomic E-state index is 11.8. The molecule has 0 radical (unpaired) electrons. The van der Waals surface area contributed by atoms with E-state index in [1.807, 2.05) is 30.3 Å². The van der Waals surface area contributed by atoms with Crippen LogP contribution in [0.25, 0.3) is 6.08 Å². The highest BCUT2D eigenvalue weighted by atomic mass is 16.5. The first-order chi connectivity index (χ1) is 12.2. The quantitative estimate of drug-likeness (QED) is 0.716. The molecule has 1 aromatic carbocycles. The third-order valence-electron chi connectivity index (χ3n) is 3.37. The fourth-order valence-corrected chi connectivity index (χ4v) is 2.05. The highest BCUT2D eigenvalue weighted by Gasteiger charge is 2.02. The van der Waals surface area contributed by atoms with Gasteiger partial charge in [0.2, 0.25) is 5.91 Å². The molecule has 130 valence electrons. The van der Waals surface area contributed by atoms with Gasteiger partial charge in [0.05, 0.1) is 0 Å². The SMILES string of the molecule is CNC(=O)COc1cccc(CCNC(=O)C=Cc2cccnc2)c1. The lowest BCUT2D eigenvalue weighted by Crippen LogP contribution is -2.25. The van der Waals surface area contributed by atoms with Gasteiger partial charge < -0.3 is 15.4 Å². The molecule has 2 aromatic rings. The highest BCUT2D eigenvalue weighted by molar-refractivity contribution is 5.91. The normalized spacial score (nSPS) is 10.4. The van der Waals surface area contributed by atoms with Crippen LogP contribution < -0.4 is 15.4 Å². The van der Waals surface area contributed by atoms with Gasteiger partial charge in [-0.1, -0.05) is 18.2 Å². The third kappa shape index (κ3) is 6.87. The maximum Gasteiger partial charge on any atom is 0.257 e. The van der Waals surface area contributed by atoms with E-state index in [1.165, 1.54) is 6.08 Å². The number of carbonyl (C=O) groups is 2. The predicted molar refractivity (Wildman–Crippen MR) is 96.0 cm³/mol. The smallest absolute Gasteiger partial charge is 0.257 e. The van der Waals surface area contributed by atoms with Crippen molar-refractivity contribution >= 4 is 17.9 Å². The van der Waals surface area contributed by atoms with E-state index in [2.05, 4.69) is 15.6 Å². The maximum atomic E-state index is 11.8. The molecule has 6 heteroatoms. The molecule has 6 nitrogen and oxygen atoms in total. The summed E-state index contributed by atoms with van der Waals surface area (Å²) < 4.78 is 5.40. The Morgan fingerprint density at radius 2 is 2.12 bits per heavy atom. The number of amides is 2. The van der Waals surface area contributed by atoms with Gasteiger partial charge in [-0.3, -0.25) is 14.6 Å². The minimum atomic E-state index is -0.182. The summed E-state index contributed by atoms with van der Waals surface area (Å²) in [6, 6.07) is 11.2. The lowest BCUT2D eigenvalue weighted by atomic mass is 10.1. The summed E-state index contributed by atoms with van der Waals surface area (Å²) in [5.74, 6) is 0.290. The van der Waals surface area contributed by atoms with Crippen LogP contribution in [0.15, 0.2) is 54.9 Å². The molecule has 0 atom stereocenters. The van der Waals surface area contributed by atoms with Crippen LogP contribution in [0, 0.1) is 0 Å². The minimum absolute atomic E-state index is 0.0180. The lowest BCUT2D eigenvalue weighted by molar-refractivity contribution is -0.122. The second-order valence-corrected chi connectivity index (χ2v) is 5.27. The summed E-state index contributed by atoms with van der Waals surface area (Å²) in [5.41, 5.74) is 1.89. The van der Waals surface area contributed by atoms with Crippen LogP contribution in [0.2, 0.25) is 0 Å². The van der Waals surface area contributed by atoms with Crippen molar-refractivity contribution in [1.82, 2.24) is 15.6 Å².